The van der Waals surface area contributed by atoms with Gasteiger partial charge in [0.1, 0.15) is 29.3 Å². The standard InChI is InChI=1S/C21H20O6S/c1-4-12-7-16-13(8-20(23)27-19(16)10-17(12)22)11-26-21(24)15-6-5-14(28-3)9-18(15)25-2/h5-10,22H,4,11H2,1-3H3. The summed E-state index contributed by atoms with van der Waals surface area (Å²) in [5, 5.41) is 10.6. The molecule has 0 amide bonds. The number of benzene rings is 2. The molecule has 0 saturated heterocycles. The van der Waals surface area contributed by atoms with Gasteiger partial charge >= 0.3 is 11.6 Å². The summed E-state index contributed by atoms with van der Waals surface area (Å²) in [5.74, 6) is -0.0706. The van der Waals surface area contributed by atoms with E-state index in [4.69, 9.17) is 13.9 Å². The first-order valence-corrected chi connectivity index (χ1v) is 9.87. The molecule has 1 N–H and O–H groups in total. The van der Waals surface area contributed by atoms with Crippen LogP contribution in [0.25, 0.3) is 11.0 Å². The second-order valence-electron chi connectivity index (χ2n) is 6.06. The molecule has 7 heteroatoms. The van der Waals surface area contributed by atoms with Crippen molar-refractivity contribution in [1.29, 1.82) is 0 Å². The lowest BCUT2D eigenvalue weighted by molar-refractivity contribution is 0.0470. The first-order valence-electron chi connectivity index (χ1n) is 8.64. The highest BCUT2D eigenvalue weighted by Gasteiger charge is 2.16. The van der Waals surface area contributed by atoms with E-state index in [9.17, 15) is 14.7 Å². The Morgan fingerprint density at radius 1 is 1.18 bits per heavy atom. The Labute approximate surface area is 166 Å². The molecule has 0 bridgehead atoms. The summed E-state index contributed by atoms with van der Waals surface area (Å²) in [7, 11) is 1.49. The maximum Gasteiger partial charge on any atom is 0.342 e. The van der Waals surface area contributed by atoms with Gasteiger partial charge in [0.05, 0.1) is 7.11 Å². The van der Waals surface area contributed by atoms with Gasteiger partial charge in [-0.1, -0.05) is 6.92 Å². The molecule has 0 unspecified atom stereocenters. The van der Waals surface area contributed by atoms with Crippen molar-refractivity contribution in [1.82, 2.24) is 0 Å². The van der Waals surface area contributed by atoms with E-state index in [1.807, 2.05) is 19.2 Å². The van der Waals surface area contributed by atoms with Crippen LogP contribution in [0.15, 0.2) is 50.5 Å². The number of carbonyl (C=O) groups is 1. The zero-order chi connectivity index (χ0) is 20.3. The Bertz CT molecular complexity index is 1090. The van der Waals surface area contributed by atoms with Gasteiger partial charge < -0.3 is 19.0 Å². The second kappa shape index (κ2) is 8.39. The predicted octanol–water partition coefficient (Wildman–Crippen LogP) is 4.15. The van der Waals surface area contributed by atoms with Gasteiger partial charge in [-0.3, -0.25) is 0 Å². The third-order valence-electron chi connectivity index (χ3n) is 4.40. The van der Waals surface area contributed by atoms with Crippen LogP contribution in [0, 0.1) is 0 Å². The monoisotopic (exact) mass is 400 g/mol. The van der Waals surface area contributed by atoms with Crippen molar-refractivity contribution >= 4 is 28.7 Å². The summed E-state index contributed by atoms with van der Waals surface area (Å²) in [5.41, 5.74) is 1.19. The van der Waals surface area contributed by atoms with Gasteiger partial charge in [-0.05, 0) is 42.5 Å². The Kier molecular flexibility index (Phi) is 5.94. The van der Waals surface area contributed by atoms with Crippen LogP contribution in [0.2, 0.25) is 0 Å². The van der Waals surface area contributed by atoms with Crippen LogP contribution in [0.5, 0.6) is 11.5 Å². The van der Waals surface area contributed by atoms with Crippen molar-refractivity contribution in [2.75, 3.05) is 13.4 Å². The second-order valence-corrected chi connectivity index (χ2v) is 6.94. The van der Waals surface area contributed by atoms with Crippen molar-refractivity contribution < 1.29 is 23.8 Å². The molecular formula is C21H20O6S. The highest BCUT2D eigenvalue weighted by atomic mass is 32.2. The fourth-order valence-electron chi connectivity index (χ4n) is 2.90. The van der Waals surface area contributed by atoms with Crippen LogP contribution in [-0.2, 0) is 17.8 Å². The highest BCUT2D eigenvalue weighted by molar-refractivity contribution is 7.98. The molecule has 0 aliphatic heterocycles. The van der Waals surface area contributed by atoms with Crippen molar-refractivity contribution in [3.63, 3.8) is 0 Å². The molecule has 3 aromatic rings. The first-order chi connectivity index (χ1) is 13.5. The minimum absolute atomic E-state index is 0.0610. The zero-order valence-corrected chi connectivity index (χ0v) is 16.6. The quantitative estimate of drug-likeness (QED) is 0.378. The number of methoxy groups -OCH3 is 1. The molecule has 0 fully saturated rings. The van der Waals surface area contributed by atoms with E-state index in [1.54, 1.807) is 18.2 Å². The molecule has 0 spiro atoms. The van der Waals surface area contributed by atoms with Gasteiger partial charge in [0, 0.05) is 28.0 Å². The lowest BCUT2D eigenvalue weighted by Gasteiger charge is -2.11. The number of carbonyl (C=O) groups excluding carboxylic acids is 1. The van der Waals surface area contributed by atoms with E-state index in [2.05, 4.69) is 0 Å². The number of rotatable bonds is 6. The molecule has 3 rings (SSSR count). The van der Waals surface area contributed by atoms with Crippen LogP contribution in [0.3, 0.4) is 0 Å². The van der Waals surface area contributed by atoms with E-state index in [1.165, 1.54) is 31.0 Å². The maximum absolute atomic E-state index is 12.5. The number of thioether (sulfide) groups is 1. The molecule has 2 aromatic carbocycles. The molecule has 0 aliphatic rings. The largest absolute Gasteiger partial charge is 0.508 e. The Balaban J connectivity index is 1.91. The van der Waals surface area contributed by atoms with Crippen molar-refractivity contribution in [3.8, 4) is 11.5 Å². The van der Waals surface area contributed by atoms with Crippen molar-refractivity contribution in [2.24, 2.45) is 0 Å². The van der Waals surface area contributed by atoms with Crippen LogP contribution >= 0.6 is 11.8 Å². The van der Waals surface area contributed by atoms with E-state index in [-0.39, 0.29) is 17.9 Å². The third kappa shape index (κ3) is 3.99. The molecular weight excluding hydrogens is 380 g/mol. The number of hydrogen-bond donors (Lipinski definition) is 1. The summed E-state index contributed by atoms with van der Waals surface area (Å²) in [6.07, 6.45) is 2.54. The number of fused-ring (bicyclic) bond motifs is 1. The average molecular weight is 400 g/mol. The summed E-state index contributed by atoms with van der Waals surface area (Å²) in [6.45, 7) is 1.80. The Hall–Kier alpha value is -2.93. The lowest BCUT2D eigenvalue weighted by Crippen LogP contribution is -2.09. The molecule has 1 heterocycles. The summed E-state index contributed by atoms with van der Waals surface area (Å²) >= 11 is 1.54. The van der Waals surface area contributed by atoms with Gasteiger partial charge in [-0.2, -0.15) is 0 Å². The molecule has 28 heavy (non-hydrogen) atoms. The number of phenolic OH excluding ortho intramolecular Hbond substituents is 1. The van der Waals surface area contributed by atoms with E-state index in [0.29, 0.717) is 34.2 Å². The molecule has 0 saturated carbocycles. The average Bonchev–Trinajstić information content (AvgIpc) is 2.70. The number of ether oxygens (including phenoxy) is 2. The van der Waals surface area contributed by atoms with Gasteiger partial charge in [0.15, 0.2) is 0 Å². The zero-order valence-electron chi connectivity index (χ0n) is 15.8. The molecule has 146 valence electrons. The first kappa shape index (κ1) is 19.8. The third-order valence-corrected chi connectivity index (χ3v) is 5.12. The normalized spacial score (nSPS) is 10.8. The van der Waals surface area contributed by atoms with Gasteiger partial charge in [-0.15, -0.1) is 11.8 Å². The molecule has 0 radical (unpaired) electrons. The molecule has 0 atom stereocenters. The predicted molar refractivity (Wildman–Crippen MR) is 107 cm³/mol. The van der Waals surface area contributed by atoms with Crippen LogP contribution < -0.4 is 10.4 Å². The van der Waals surface area contributed by atoms with Gasteiger partial charge in [-0.25, -0.2) is 9.59 Å². The Morgan fingerprint density at radius 3 is 2.64 bits per heavy atom. The maximum atomic E-state index is 12.5. The highest BCUT2D eigenvalue weighted by Crippen LogP contribution is 2.29. The smallest absolute Gasteiger partial charge is 0.342 e. The van der Waals surface area contributed by atoms with Crippen LogP contribution in [0.4, 0.5) is 0 Å². The number of aryl methyl sites for hydroxylation is 1. The molecule has 1 aromatic heterocycles. The number of phenols is 1. The van der Waals surface area contributed by atoms with Crippen LogP contribution in [-0.4, -0.2) is 24.4 Å². The number of esters is 1. The van der Waals surface area contributed by atoms with Gasteiger partial charge in [0.25, 0.3) is 0 Å². The van der Waals surface area contributed by atoms with E-state index in [0.717, 1.165) is 4.90 Å². The van der Waals surface area contributed by atoms with E-state index < -0.39 is 11.6 Å². The molecule has 6 nitrogen and oxygen atoms in total. The number of hydrogen-bond acceptors (Lipinski definition) is 7. The van der Waals surface area contributed by atoms with E-state index >= 15 is 0 Å². The lowest BCUT2D eigenvalue weighted by atomic mass is 10.0. The van der Waals surface area contributed by atoms with Gasteiger partial charge in [0.2, 0.25) is 0 Å². The number of aromatic hydroxyl groups is 1. The molecule has 0 aliphatic carbocycles. The fourth-order valence-corrected chi connectivity index (χ4v) is 3.33. The summed E-state index contributed by atoms with van der Waals surface area (Å²) < 4.78 is 15.9. The fraction of sp³-hybridized carbons (Fsp3) is 0.238. The Morgan fingerprint density at radius 2 is 1.96 bits per heavy atom. The summed E-state index contributed by atoms with van der Waals surface area (Å²) in [4.78, 5) is 25.4. The topological polar surface area (TPSA) is 86.0 Å². The minimum Gasteiger partial charge on any atom is -0.508 e. The van der Waals surface area contributed by atoms with Crippen LogP contribution in [0.1, 0.15) is 28.4 Å². The van der Waals surface area contributed by atoms with Crippen molar-refractivity contribution in [3.05, 3.63) is 63.5 Å². The minimum atomic E-state index is -0.580. The SMILES string of the molecule is CCc1cc2c(COC(=O)c3ccc(SC)cc3OC)cc(=O)oc2cc1O. The van der Waals surface area contributed by atoms with Crippen molar-refractivity contribution in [2.45, 2.75) is 24.8 Å². The summed E-state index contributed by atoms with van der Waals surface area (Å²) in [6, 6.07) is 9.67.